The normalized spacial score (nSPS) is 10.7. The van der Waals surface area contributed by atoms with Crippen molar-refractivity contribution < 1.29 is 9.59 Å². The third-order valence-corrected chi connectivity index (χ3v) is 6.74. The van der Waals surface area contributed by atoms with Crippen LogP contribution in [0.15, 0.2) is 46.1 Å². The van der Waals surface area contributed by atoms with E-state index < -0.39 is 0 Å². The van der Waals surface area contributed by atoms with E-state index in [9.17, 15) is 9.59 Å². The van der Waals surface area contributed by atoms with E-state index in [1.54, 1.807) is 35.2 Å². The van der Waals surface area contributed by atoms with Crippen molar-refractivity contribution in [3.05, 3.63) is 75.3 Å². The lowest BCUT2D eigenvalue weighted by Gasteiger charge is -2.13. The molecule has 3 aromatic rings. The lowest BCUT2D eigenvalue weighted by molar-refractivity contribution is -0.115. The van der Waals surface area contributed by atoms with Gasteiger partial charge in [-0.05, 0) is 56.5 Å². The van der Waals surface area contributed by atoms with E-state index >= 15 is 0 Å². The highest BCUT2D eigenvalue weighted by Gasteiger charge is 2.11. The van der Waals surface area contributed by atoms with Crippen LogP contribution in [0.3, 0.4) is 0 Å². The molecule has 5 nitrogen and oxygen atoms in total. The van der Waals surface area contributed by atoms with Gasteiger partial charge in [0.15, 0.2) is 0 Å². The van der Waals surface area contributed by atoms with Crippen LogP contribution in [0, 0.1) is 27.7 Å². The maximum absolute atomic E-state index is 12.4. The third kappa shape index (κ3) is 5.93. The highest BCUT2D eigenvalue weighted by atomic mass is 32.2. The van der Waals surface area contributed by atoms with Gasteiger partial charge in [0.25, 0.3) is 5.91 Å². The van der Waals surface area contributed by atoms with Crippen molar-refractivity contribution in [1.82, 2.24) is 10.3 Å². The molecule has 0 aliphatic carbocycles. The molecule has 2 N–H and O–H groups in total. The average molecular weight is 440 g/mol. The first-order valence-corrected chi connectivity index (χ1v) is 11.5. The predicted octanol–water partition coefficient (Wildman–Crippen LogP) is 5.04. The van der Waals surface area contributed by atoms with Crippen LogP contribution >= 0.6 is 23.1 Å². The van der Waals surface area contributed by atoms with E-state index in [4.69, 9.17) is 0 Å². The fraction of sp³-hybridized carbons (Fsp3) is 0.261. The van der Waals surface area contributed by atoms with Crippen molar-refractivity contribution in [3.63, 3.8) is 0 Å². The molecule has 0 saturated heterocycles. The van der Waals surface area contributed by atoms with Crippen LogP contribution in [0.25, 0.3) is 0 Å². The van der Waals surface area contributed by atoms with Crippen molar-refractivity contribution in [2.24, 2.45) is 0 Å². The van der Waals surface area contributed by atoms with Crippen LogP contribution in [0.2, 0.25) is 0 Å². The van der Waals surface area contributed by atoms with Crippen LogP contribution in [-0.2, 0) is 10.5 Å². The molecule has 0 atom stereocenters. The molecule has 1 heterocycles. The Bertz CT molecular complexity index is 1040. The summed E-state index contributed by atoms with van der Waals surface area (Å²) < 4.78 is 1.04. The molecule has 1 aromatic heterocycles. The van der Waals surface area contributed by atoms with Crippen molar-refractivity contribution in [2.75, 3.05) is 11.9 Å². The number of carbonyl (C=O) groups is 2. The first-order valence-electron chi connectivity index (χ1n) is 9.61. The lowest BCUT2D eigenvalue weighted by Crippen LogP contribution is -2.33. The Kier molecular flexibility index (Phi) is 7.29. The maximum Gasteiger partial charge on any atom is 0.251 e. The van der Waals surface area contributed by atoms with Gasteiger partial charge in [0.1, 0.15) is 4.34 Å². The van der Waals surface area contributed by atoms with Crippen LogP contribution in [0.5, 0.6) is 0 Å². The van der Waals surface area contributed by atoms with Crippen molar-refractivity contribution in [3.8, 4) is 0 Å². The minimum absolute atomic E-state index is 0.0768. The first kappa shape index (κ1) is 22.1. The fourth-order valence-electron chi connectivity index (χ4n) is 3.12. The first-order chi connectivity index (χ1) is 14.3. The zero-order valence-electron chi connectivity index (χ0n) is 17.5. The van der Waals surface area contributed by atoms with E-state index in [1.807, 2.05) is 57.3 Å². The van der Waals surface area contributed by atoms with E-state index in [0.717, 1.165) is 43.7 Å². The number of nitrogens with zero attached hydrogens (tertiary/aromatic N) is 1. The summed E-state index contributed by atoms with van der Waals surface area (Å²) in [5.41, 5.74) is 6.65. The molecule has 0 spiro atoms. The lowest BCUT2D eigenvalue weighted by atomic mass is 10.1. The zero-order valence-corrected chi connectivity index (χ0v) is 19.2. The minimum Gasteiger partial charge on any atom is -0.343 e. The summed E-state index contributed by atoms with van der Waals surface area (Å²) >= 11 is 3.32. The number of thiazole rings is 1. The second kappa shape index (κ2) is 9.91. The number of amides is 2. The SMILES string of the molecule is Cc1cc(C)c(NC(=O)CNC(=O)c2ccc(CSc3nc(C)cs3)cc2)c(C)c1. The smallest absolute Gasteiger partial charge is 0.251 e. The standard InChI is InChI=1S/C23H25N3O2S2/c1-14-9-15(2)21(16(3)10-14)26-20(27)11-24-22(28)19-7-5-18(6-8-19)13-30-23-25-17(4)12-29-23/h5-10,12H,11,13H2,1-4H3,(H,24,28)(H,26,27). The summed E-state index contributed by atoms with van der Waals surface area (Å²) in [4.78, 5) is 29.1. The summed E-state index contributed by atoms with van der Waals surface area (Å²) in [6.07, 6.45) is 0. The van der Waals surface area contributed by atoms with E-state index in [1.165, 1.54) is 0 Å². The fourth-order valence-corrected chi connectivity index (χ4v) is 4.92. The van der Waals surface area contributed by atoms with Gasteiger partial charge < -0.3 is 10.6 Å². The number of aryl methyl sites for hydroxylation is 4. The van der Waals surface area contributed by atoms with Gasteiger partial charge in [-0.2, -0.15) is 0 Å². The summed E-state index contributed by atoms with van der Waals surface area (Å²) in [6, 6.07) is 11.5. The quantitative estimate of drug-likeness (QED) is 0.506. The predicted molar refractivity (Wildman–Crippen MR) is 124 cm³/mol. The summed E-state index contributed by atoms with van der Waals surface area (Å²) in [5, 5.41) is 7.61. The molecule has 0 aliphatic heterocycles. The number of hydrogen-bond acceptors (Lipinski definition) is 5. The molecule has 7 heteroatoms. The molecule has 2 amide bonds. The second-order valence-electron chi connectivity index (χ2n) is 7.24. The Hall–Kier alpha value is -2.64. The van der Waals surface area contributed by atoms with Gasteiger partial charge in [-0.15, -0.1) is 11.3 Å². The van der Waals surface area contributed by atoms with Gasteiger partial charge in [-0.25, -0.2) is 4.98 Å². The molecular formula is C23H25N3O2S2. The molecule has 0 unspecified atom stereocenters. The Morgan fingerprint density at radius 2 is 1.70 bits per heavy atom. The number of hydrogen-bond donors (Lipinski definition) is 2. The van der Waals surface area contributed by atoms with E-state index in [0.29, 0.717) is 5.56 Å². The maximum atomic E-state index is 12.4. The zero-order chi connectivity index (χ0) is 21.7. The molecule has 0 radical (unpaired) electrons. The average Bonchev–Trinajstić information content (AvgIpc) is 3.13. The Labute approximate surface area is 185 Å². The molecule has 0 bridgehead atoms. The molecule has 3 rings (SSSR count). The minimum atomic E-state index is -0.266. The number of nitrogens with one attached hydrogen (secondary N) is 2. The number of aromatic nitrogens is 1. The highest BCUT2D eigenvalue weighted by molar-refractivity contribution is 8.00. The summed E-state index contributed by atoms with van der Waals surface area (Å²) in [7, 11) is 0. The monoisotopic (exact) mass is 439 g/mol. The van der Waals surface area contributed by atoms with Crippen LogP contribution in [-0.4, -0.2) is 23.3 Å². The Morgan fingerprint density at radius 3 is 2.30 bits per heavy atom. The van der Waals surface area contributed by atoms with Gasteiger partial charge in [0.05, 0.1) is 6.54 Å². The molecule has 2 aromatic carbocycles. The summed E-state index contributed by atoms with van der Waals surface area (Å²) in [5.74, 6) is 0.286. The van der Waals surface area contributed by atoms with Crippen molar-refractivity contribution in [2.45, 2.75) is 37.8 Å². The van der Waals surface area contributed by atoms with Gasteiger partial charge in [0, 0.05) is 28.1 Å². The summed E-state index contributed by atoms with van der Waals surface area (Å²) in [6.45, 7) is 7.85. The molecule has 30 heavy (non-hydrogen) atoms. The largest absolute Gasteiger partial charge is 0.343 e. The van der Waals surface area contributed by atoms with Gasteiger partial charge >= 0.3 is 0 Å². The van der Waals surface area contributed by atoms with Crippen LogP contribution < -0.4 is 10.6 Å². The number of rotatable bonds is 7. The molecule has 156 valence electrons. The second-order valence-corrected chi connectivity index (χ2v) is 9.33. The molecule has 0 saturated carbocycles. The number of carbonyl (C=O) groups excluding carboxylic acids is 2. The van der Waals surface area contributed by atoms with E-state index in [-0.39, 0.29) is 18.4 Å². The van der Waals surface area contributed by atoms with Crippen LogP contribution in [0.1, 0.15) is 38.3 Å². The Balaban J connectivity index is 1.50. The Morgan fingerprint density at radius 1 is 1.03 bits per heavy atom. The van der Waals surface area contributed by atoms with Gasteiger partial charge in [-0.1, -0.05) is 41.6 Å². The highest BCUT2D eigenvalue weighted by Crippen LogP contribution is 2.26. The number of benzene rings is 2. The van der Waals surface area contributed by atoms with Crippen molar-refractivity contribution in [1.29, 1.82) is 0 Å². The van der Waals surface area contributed by atoms with Gasteiger partial charge in [-0.3, -0.25) is 9.59 Å². The molecule has 0 aliphatic rings. The van der Waals surface area contributed by atoms with E-state index in [2.05, 4.69) is 15.6 Å². The number of thioether (sulfide) groups is 1. The third-order valence-electron chi connectivity index (χ3n) is 4.53. The van der Waals surface area contributed by atoms with Crippen molar-refractivity contribution >= 4 is 40.6 Å². The number of anilines is 1. The molecule has 0 fully saturated rings. The molecular weight excluding hydrogens is 414 g/mol. The van der Waals surface area contributed by atoms with Gasteiger partial charge in [0.2, 0.25) is 5.91 Å². The van der Waals surface area contributed by atoms with Crippen LogP contribution in [0.4, 0.5) is 5.69 Å². The topological polar surface area (TPSA) is 71.1 Å².